The highest BCUT2D eigenvalue weighted by molar-refractivity contribution is 6.35. The molecule has 4 rings (SSSR count). The van der Waals surface area contributed by atoms with E-state index in [0.29, 0.717) is 46.2 Å². The van der Waals surface area contributed by atoms with Crippen molar-refractivity contribution >= 4 is 34.2 Å². The molecule has 0 bridgehead atoms. The van der Waals surface area contributed by atoms with Crippen LogP contribution in [0.3, 0.4) is 0 Å². The van der Waals surface area contributed by atoms with E-state index in [1.165, 1.54) is 4.68 Å². The molecule has 11 heteroatoms. The van der Waals surface area contributed by atoms with E-state index in [1.54, 1.807) is 39.0 Å². The van der Waals surface area contributed by atoms with E-state index in [1.807, 2.05) is 5.01 Å². The molecule has 1 fully saturated rings. The van der Waals surface area contributed by atoms with Gasteiger partial charge in [-0.3, -0.25) is 9.59 Å². The minimum Gasteiger partial charge on any atom is -0.382 e. The first-order valence-corrected chi connectivity index (χ1v) is 10.7. The van der Waals surface area contributed by atoms with Crippen molar-refractivity contribution in [3.05, 3.63) is 56.5 Å². The number of benzene rings is 1. The summed E-state index contributed by atoms with van der Waals surface area (Å²) < 4.78 is 1.52. The lowest BCUT2D eigenvalue weighted by Gasteiger charge is -2.33. The largest absolute Gasteiger partial charge is 0.382 e. The summed E-state index contributed by atoms with van der Waals surface area (Å²) in [6.45, 7) is 7.98. The molecule has 1 aliphatic rings. The lowest BCUT2D eigenvalue weighted by Crippen LogP contribution is -2.54. The maximum absolute atomic E-state index is 13.5. The maximum atomic E-state index is 13.5. The van der Waals surface area contributed by atoms with E-state index in [9.17, 15) is 9.59 Å². The summed E-state index contributed by atoms with van der Waals surface area (Å²) in [6.07, 6.45) is 0. The number of aromatic nitrogens is 4. The van der Waals surface area contributed by atoms with Crippen molar-refractivity contribution in [2.45, 2.75) is 26.8 Å². The average Bonchev–Trinajstić information content (AvgIpc) is 2.76. The molecular weight excluding hydrogens is 432 g/mol. The zero-order valence-corrected chi connectivity index (χ0v) is 18.9. The fourth-order valence-electron chi connectivity index (χ4n) is 3.72. The van der Waals surface area contributed by atoms with Crippen LogP contribution < -0.4 is 26.9 Å². The molecule has 168 valence electrons. The predicted molar refractivity (Wildman–Crippen MR) is 124 cm³/mol. The molecule has 10 nitrogen and oxygen atoms in total. The van der Waals surface area contributed by atoms with Gasteiger partial charge in [-0.1, -0.05) is 17.7 Å². The van der Waals surface area contributed by atoms with Crippen LogP contribution in [0.4, 0.5) is 5.82 Å². The standard InChI is InChI=1S/C21H25ClN8O2/c1-11-12(2)26-18(23)17(25-11)20(31)27-13(3)19-28-15-6-4-5-14(22)16(15)21(32)30(19)29-9-7-24-8-10-29/h4-6,13,24H,7-10H2,1-3H3,(H2,23,26)(H,27,31)/t13-/m0/s1. The van der Waals surface area contributed by atoms with Crippen molar-refractivity contribution in [3.8, 4) is 0 Å². The molecule has 0 saturated carbocycles. The van der Waals surface area contributed by atoms with Crippen LogP contribution in [0, 0.1) is 13.8 Å². The zero-order valence-electron chi connectivity index (χ0n) is 18.1. The number of aryl methyl sites for hydroxylation is 2. The molecule has 2 aromatic heterocycles. The van der Waals surface area contributed by atoms with E-state index >= 15 is 0 Å². The third-order valence-electron chi connectivity index (χ3n) is 5.51. The summed E-state index contributed by atoms with van der Waals surface area (Å²) in [5, 5.41) is 8.73. The van der Waals surface area contributed by atoms with E-state index in [2.05, 4.69) is 20.6 Å². The second-order valence-electron chi connectivity index (χ2n) is 7.75. The van der Waals surface area contributed by atoms with Crippen molar-refractivity contribution in [1.29, 1.82) is 0 Å². The molecule has 3 aromatic rings. The fraction of sp³-hybridized carbons (Fsp3) is 0.381. The van der Waals surface area contributed by atoms with Gasteiger partial charge in [-0.05, 0) is 32.9 Å². The Labute approximate surface area is 189 Å². The van der Waals surface area contributed by atoms with E-state index < -0.39 is 11.9 Å². The van der Waals surface area contributed by atoms with Crippen molar-refractivity contribution in [1.82, 2.24) is 30.3 Å². The number of anilines is 1. The number of nitrogens with zero attached hydrogens (tertiary/aromatic N) is 5. The minimum absolute atomic E-state index is 0.0415. The lowest BCUT2D eigenvalue weighted by molar-refractivity contribution is 0.0932. The molecule has 0 aliphatic carbocycles. The van der Waals surface area contributed by atoms with Crippen LogP contribution >= 0.6 is 11.6 Å². The van der Waals surface area contributed by atoms with Gasteiger partial charge in [0.15, 0.2) is 17.3 Å². The van der Waals surface area contributed by atoms with Crippen LogP contribution in [-0.4, -0.2) is 51.7 Å². The molecule has 1 amide bonds. The Morgan fingerprint density at radius 1 is 1.19 bits per heavy atom. The number of piperazine rings is 1. The predicted octanol–water partition coefficient (Wildman–Crippen LogP) is 1.07. The molecule has 3 heterocycles. The Kier molecular flexibility index (Phi) is 5.98. The number of carbonyl (C=O) groups excluding carboxylic acids is 1. The smallest absolute Gasteiger partial charge is 0.281 e. The molecule has 0 unspecified atom stereocenters. The first-order valence-electron chi connectivity index (χ1n) is 10.4. The number of nitrogens with one attached hydrogen (secondary N) is 2. The van der Waals surface area contributed by atoms with Gasteiger partial charge in [-0.25, -0.2) is 19.6 Å². The number of nitrogen functional groups attached to an aromatic ring is 1. The Morgan fingerprint density at radius 2 is 1.88 bits per heavy atom. The highest BCUT2D eigenvalue weighted by Gasteiger charge is 2.25. The Hall–Kier alpha value is -3.24. The minimum atomic E-state index is -0.615. The fourth-order valence-corrected chi connectivity index (χ4v) is 3.97. The SMILES string of the molecule is Cc1nc(N)c(C(=O)N[C@@H](C)c2nc3cccc(Cl)c3c(=O)n2N2CCNCC2)nc1C. The van der Waals surface area contributed by atoms with Gasteiger partial charge in [0.1, 0.15) is 0 Å². The van der Waals surface area contributed by atoms with Crippen molar-refractivity contribution < 1.29 is 4.79 Å². The zero-order chi connectivity index (χ0) is 23.0. The third kappa shape index (κ3) is 3.98. The summed E-state index contributed by atoms with van der Waals surface area (Å²) >= 11 is 6.33. The van der Waals surface area contributed by atoms with Gasteiger partial charge in [-0.2, -0.15) is 0 Å². The summed E-state index contributed by atoms with van der Waals surface area (Å²) in [5.41, 5.74) is 7.45. The quantitative estimate of drug-likeness (QED) is 0.531. The molecule has 0 radical (unpaired) electrons. The van der Waals surface area contributed by atoms with Crippen molar-refractivity contribution in [2.24, 2.45) is 0 Å². The number of nitrogens with two attached hydrogens (primary N) is 1. The Bertz CT molecular complexity index is 1250. The van der Waals surface area contributed by atoms with E-state index in [4.69, 9.17) is 22.3 Å². The second-order valence-corrected chi connectivity index (χ2v) is 8.16. The number of halogens is 1. The summed E-state index contributed by atoms with van der Waals surface area (Å²) in [4.78, 5) is 39.6. The number of hydrogen-bond donors (Lipinski definition) is 3. The highest BCUT2D eigenvalue weighted by atomic mass is 35.5. The van der Waals surface area contributed by atoms with E-state index in [-0.39, 0.29) is 17.1 Å². The van der Waals surface area contributed by atoms with Crippen LogP contribution in [0.5, 0.6) is 0 Å². The molecule has 1 saturated heterocycles. The summed E-state index contributed by atoms with van der Waals surface area (Å²) in [5.74, 6) is -0.0381. The number of fused-ring (bicyclic) bond motifs is 1. The van der Waals surface area contributed by atoms with Gasteiger partial charge in [0, 0.05) is 26.2 Å². The van der Waals surface area contributed by atoms with Crippen LogP contribution in [0.15, 0.2) is 23.0 Å². The van der Waals surface area contributed by atoms with Crippen LogP contribution in [0.25, 0.3) is 10.9 Å². The molecule has 1 aromatic carbocycles. The van der Waals surface area contributed by atoms with Crippen LogP contribution in [0.2, 0.25) is 5.02 Å². The lowest BCUT2D eigenvalue weighted by atomic mass is 10.2. The van der Waals surface area contributed by atoms with Gasteiger partial charge in [0.25, 0.3) is 11.5 Å². The monoisotopic (exact) mass is 456 g/mol. The molecule has 4 N–H and O–H groups in total. The van der Waals surface area contributed by atoms with E-state index in [0.717, 1.165) is 13.1 Å². The molecule has 1 aliphatic heterocycles. The maximum Gasteiger partial charge on any atom is 0.281 e. The van der Waals surface area contributed by atoms with Gasteiger partial charge in [-0.15, -0.1) is 0 Å². The highest BCUT2D eigenvalue weighted by Crippen LogP contribution is 2.21. The third-order valence-corrected chi connectivity index (χ3v) is 5.82. The first-order chi connectivity index (χ1) is 15.3. The second kappa shape index (κ2) is 8.71. The van der Waals surface area contributed by atoms with Gasteiger partial charge >= 0.3 is 0 Å². The van der Waals surface area contributed by atoms with Gasteiger partial charge in [0.05, 0.1) is 33.4 Å². The molecule has 1 atom stereocenters. The van der Waals surface area contributed by atoms with Crippen molar-refractivity contribution in [3.63, 3.8) is 0 Å². The van der Waals surface area contributed by atoms with Gasteiger partial charge < -0.3 is 21.4 Å². The summed E-state index contributed by atoms with van der Waals surface area (Å²) in [7, 11) is 0. The Morgan fingerprint density at radius 3 is 2.59 bits per heavy atom. The molecular formula is C21H25ClN8O2. The normalized spacial score (nSPS) is 15.1. The number of amides is 1. The topological polar surface area (TPSA) is 131 Å². The van der Waals surface area contributed by atoms with Crippen molar-refractivity contribution in [2.75, 3.05) is 36.9 Å². The number of hydrogen-bond acceptors (Lipinski definition) is 8. The number of rotatable bonds is 4. The molecule has 0 spiro atoms. The Balaban J connectivity index is 1.78. The first kappa shape index (κ1) is 22.0. The van der Waals surface area contributed by atoms with Crippen LogP contribution in [0.1, 0.15) is 40.7 Å². The molecule has 32 heavy (non-hydrogen) atoms. The van der Waals surface area contributed by atoms with Crippen LogP contribution in [-0.2, 0) is 0 Å². The number of carbonyl (C=O) groups is 1. The summed E-state index contributed by atoms with van der Waals surface area (Å²) in [6, 6.07) is 4.53. The average molecular weight is 457 g/mol. The van der Waals surface area contributed by atoms with Gasteiger partial charge in [0.2, 0.25) is 0 Å².